The van der Waals surface area contributed by atoms with Crippen molar-refractivity contribution in [3.8, 4) is 0 Å². The number of hydrogen-bond acceptors (Lipinski definition) is 4. The highest BCUT2D eigenvalue weighted by Crippen LogP contribution is 2.21. The van der Waals surface area contributed by atoms with Crippen molar-refractivity contribution in [1.29, 1.82) is 0 Å². The summed E-state index contributed by atoms with van der Waals surface area (Å²) in [6, 6.07) is 7.56. The second kappa shape index (κ2) is 6.81. The van der Waals surface area contributed by atoms with Crippen LogP contribution in [0.25, 0.3) is 0 Å². The lowest BCUT2D eigenvalue weighted by atomic mass is 10.1. The van der Waals surface area contributed by atoms with E-state index in [1.165, 1.54) is 0 Å². The number of ether oxygens (including phenoxy) is 1. The van der Waals surface area contributed by atoms with E-state index in [2.05, 4.69) is 10.5 Å². The molecule has 6 nitrogen and oxygen atoms in total. The van der Waals surface area contributed by atoms with Crippen molar-refractivity contribution in [1.82, 2.24) is 5.43 Å². The molecule has 1 heterocycles. The third-order valence-corrected chi connectivity index (χ3v) is 3.38. The molecule has 0 spiro atoms. The number of anilines is 1. The van der Waals surface area contributed by atoms with E-state index >= 15 is 0 Å². The summed E-state index contributed by atoms with van der Waals surface area (Å²) in [5, 5.41) is 4.03. The Labute approximate surface area is 136 Å². The Morgan fingerprint density at radius 3 is 2.43 bits per heavy atom. The van der Waals surface area contributed by atoms with Crippen LogP contribution in [0.15, 0.2) is 29.4 Å². The van der Waals surface area contributed by atoms with Gasteiger partial charge in [-0.25, -0.2) is 10.2 Å². The van der Waals surface area contributed by atoms with Crippen LogP contribution in [0.5, 0.6) is 0 Å². The van der Waals surface area contributed by atoms with Gasteiger partial charge < -0.3 is 9.64 Å². The minimum Gasteiger partial charge on any atom is -0.443 e. The summed E-state index contributed by atoms with van der Waals surface area (Å²) in [4.78, 5) is 25.1. The third-order valence-electron chi connectivity index (χ3n) is 3.38. The summed E-state index contributed by atoms with van der Waals surface area (Å²) in [5.74, 6) is 0.162. The molecule has 0 bridgehead atoms. The second-order valence-electron chi connectivity index (χ2n) is 6.51. The van der Waals surface area contributed by atoms with E-state index in [4.69, 9.17) is 4.74 Å². The molecule has 23 heavy (non-hydrogen) atoms. The van der Waals surface area contributed by atoms with Crippen LogP contribution in [0, 0.1) is 0 Å². The van der Waals surface area contributed by atoms with E-state index in [1.807, 2.05) is 24.3 Å². The van der Waals surface area contributed by atoms with Gasteiger partial charge in [0.1, 0.15) is 5.60 Å². The molecule has 0 unspecified atom stereocenters. The number of carbonyl (C=O) groups excluding carboxylic acids is 2. The fraction of sp³-hybridized carbons (Fsp3) is 0.471. The molecule has 1 aliphatic heterocycles. The molecule has 1 fully saturated rings. The van der Waals surface area contributed by atoms with Crippen molar-refractivity contribution in [2.24, 2.45) is 5.10 Å². The predicted octanol–water partition coefficient (Wildman–Crippen LogP) is 3.06. The molecule has 1 aromatic rings. The summed E-state index contributed by atoms with van der Waals surface area (Å²) in [7, 11) is 0. The van der Waals surface area contributed by atoms with Crippen molar-refractivity contribution in [3.63, 3.8) is 0 Å². The van der Waals surface area contributed by atoms with Gasteiger partial charge in [0.25, 0.3) is 0 Å². The second-order valence-corrected chi connectivity index (χ2v) is 6.51. The summed E-state index contributed by atoms with van der Waals surface area (Å²) < 4.78 is 5.12. The molecule has 2 rings (SSSR count). The number of hydrogen-bond donors (Lipinski definition) is 1. The Morgan fingerprint density at radius 2 is 1.91 bits per heavy atom. The Balaban J connectivity index is 1.99. The molecular weight excluding hydrogens is 294 g/mol. The average molecular weight is 317 g/mol. The van der Waals surface area contributed by atoms with Crippen LogP contribution in [0.2, 0.25) is 0 Å². The maximum Gasteiger partial charge on any atom is 0.428 e. The first-order chi connectivity index (χ1) is 10.8. The normalized spacial score (nSPS) is 15.7. The zero-order valence-electron chi connectivity index (χ0n) is 14.0. The molecule has 1 aliphatic rings. The number of carbonyl (C=O) groups is 2. The van der Waals surface area contributed by atoms with Crippen molar-refractivity contribution in [2.75, 3.05) is 11.4 Å². The monoisotopic (exact) mass is 317 g/mol. The van der Waals surface area contributed by atoms with Gasteiger partial charge in [-0.05, 0) is 51.8 Å². The van der Waals surface area contributed by atoms with Gasteiger partial charge in [0.05, 0.1) is 5.71 Å². The van der Waals surface area contributed by atoms with Crippen molar-refractivity contribution in [2.45, 2.75) is 46.1 Å². The number of nitrogens with zero attached hydrogens (tertiary/aromatic N) is 2. The van der Waals surface area contributed by atoms with E-state index in [0.717, 1.165) is 24.2 Å². The lowest BCUT2D eigenvalue weighted by Gasteiger charge is -2.18. The van der Waals surface area contributed by atoms with E-state index in [-0.39, 0.29) is 5.91 Å². The molecule has 6 heteroatoms. The van der Waals surface area contributed by atoms with Crippen LogP contribution >= 0.6 is 0 Å². The van der Waals surface area contributed by atoms with Gasteiger partial charge in [-0.3, -0.25) is 4.79 Å². The summed E-state index contributed by atoms with van der Waals surface area (Å²) in [6.45, 7) is 7.95. The fourth-order valence-corrected chi connectivity index (χ4v) is 2.30. The van der Waals surface area contributed by atoms with Crippen LogP contribution in [0.4, 0.5) is 10.5 Å². The van der Waals surface area contributed by atoms with Gasteiger partial charge in [-0.15, -0.1) is 0 Å². The SMILES string of the molecule is C/C(=N/NC(=O)OC(C)(C)C)c1ccc(N2CCCC2=O)cc1. The van der Waals surface area contributed by atoms with Gasteiger partial charge >= 0.3 is 6.09 Å². The van der Waals surface area contributed by atoms with Gasteiger partial charge in [0, 0.05) is 18.7 Å². The Bertz CT molecular complexity index is 615. The summed E-state index contributed by atoms with van der Waals surface area (Å²) in [6.07, 6.45) is 0.930. The molecule has 0 radical (unpaired) electrons. The molecule has 0 aliphatic carbocycles. The lowest BCUT2D eigenvalue weighted by molar-refractivity contribution is -0.117. The van der Waals surface area contributed by atoms with Crippen molar-refractivity contribution in [3.05, 3.63) is 29.8 Å². The Morgan fingerprint density at radius 1 is 1.26 bits per heavy atom. The molecule has 124 valence electrons. The maximum atomic E-state index is 11.7. The van der Waals surface area contributed by atoms with Crippen LogP contribution < -0.4 is 10.3 Å². The zero-order chi connectivity index (χ0) is 17.0. The quantitative estimate of drug-likeness (QED) is 0.688. The maximum absolute atomic E-state index is 11.7. The standard InChI is InChI=1S/C17H23N3O3/c1-12(18-19-16(22)23-17(2,3)4)13-7-9-14(10-8-13)20-11-5-6-15(20)21/h7-10H,5-6,11H2,1-4H3,(H,19,22)/b18-12-. The number of benzene rings is 1. The minimum atomic E-state index is -0.587. The van der Waals surface area contributed by atoms with E-state index in [0.29, 0.717) is 12.1 Å². The fourth-order valence-electron chi connectivity index (χ4n) is 2.30. The molecular formula is C17H23N3O3. The first-order valence-electron chi connectivity index (χ1n) is 7.70. The van der Waals surface area contributed by atoms with Crippen LogP contribution in [0.3, 0.4) is 0 Å². The van der Waals surface area contributed by atoms with Crippen LogP contribution in [-0.4, -0.2) is 29.9 Å². The molecule has 0 atom stereocenters. The third kappa shape index (κ3) is 4.81. The zero-order valence-corrected chi connectivity index (χ0v) is 14.0. The smallest absolute Gasteiger partial charge is 0.428 e. The molecule has 1 aromatic carbocycles. The highest BCUT2D eigenvalue weighted by atomic mass is 16.6. The van der Waals surface area contributed by atoms with Gasteiger partial charge in [-0.2, -0.15) is 5.10 Å². The highest BCUT2D eigenvalue weighted by Gasteiger charge is 2.21. The molecule has 2 amide bonds. The van der Waals surface area contributed by atoms with Gasteiger partial charge in [0.2, 0.25) is 5.91 Å². The van der Waals surface area contributed by atoms with Gasteiger partial charge in [0.15, 0.2) is 0 Å². The molecule has 1 N–H and O–H groups in total. The first-order valence-corrected chi connectivity index (χ1v) is 7.70. The Hall–Kier alpha value is -2.37. The molecule has 1 saturated heterocycles. The van der Waals surface area contributed by atoms with Crippen molar-refractivity contribution >= 4 is 23.4 Å². The lowest BCUT2D eigenvalue weighted by Crippen LogP contribution is -2.30. The topological polar surface area (TPSA) is 71.0 Å². The van der Waals surface area contributed by atoms with Crippen LogP contribution in [-0.2, 0) is 9.53 Å². The van der Waals surface area contributed by atoms with Crippen LogP contribution in [0.1, 0.15) is 46.1 Å². The molecule has 0 aromatic heterocycles. The number of hydrazone groups is 1. The summed E-state index contributed by atoms with van der Waals surface area (Å²) >= 11 is 0. The Kier molecular flexibility index (Phi) is 5.03. The van der Waals surface area contributed by atoms with E-state index in [1.54, 1.807) is 32.6 Å². The van der Waals surface area contributed by atoms with E-state index < -0.39 is 11.7 Å². The highest BCUT2D eigenvalue weighted by molar-refractivity contribution is 6.00. The largest absolute Gasteiger partial charge is 0.443 e. The molecule has 0 saturated carbocycles. The minimum absolute atomic E-state index is 0.162. The summed E-state index contributed by atoms with van der Waals surface area (Å²) in [5.41, 5.74) is 4.25. The number of amides is 2. The van der Waals surface area contributed by atoms with Crippen molar-refractivity contribution < 1.29 is 14.3 Å². The number of rotatable bonds is 3. The van der Waals surface area contributed by atoms with Gasteiger partial charge in [-0.1, -0.05) is 12.1 Å². The predicted molar refractivity (Wildman–Crippen MR) is 89.6 cm³/mol. The first kappa shape index (κ1) is 17.0. The number of nitrogens with one attached hydrogen (secondary N) is 1. The average Bonchev–Trinajstić information content (AvgIpc) is 2.89. The van der Waals surface area contributed by atoms with E-state index in [9.17, 15) is 9.59 Å².